The molecular formula is C52H74O15. The van der Waals surface area contributed by atoms with E-state index in [-0.39, 0.29) is 32.7 Å². The molecule has 3 saturated carbocycles. The topological polar surface area (TPSA) is 211 Å². The first-order valence-corrected chi connectivity index (χ1v) is 24.7. The number of aliphatic hydroxyl groups is 3. The zero-order valence-electron chi connectivity index (χ0n) is 40.0. The molecule has 372 valence electrons. The Morgan fingerprint density at radius 1 is 0.925 bits per heavy atom. The molecule has 5 aliphatic rings. The Bertz CT molecular complexity index is 1900. The molecule has 67 heavy (non-hydrogen) atoms. The van der Waals surface area contributed by atoms with E-state index in [1.807, 2.05) is 0 Å². The average Bonchev–Trinajstić information content (AvgIpc) is 3.76. The van der Waals surface area contributed by atoms with Gasteiger partial charge in [0, 0.05) is 43.9 Å². The van der Waals surface area contributed by atoms with E-state index in [1.165, 1.54) is 39.0 Å². The second kappa shape index (κ2) is 23.5. The van der Waals surface area contributed by atoms with Crippen LogP contribution in [0.15, 0.2) is 54.6 Å². The molecule has 5 fully saturated rings. The summed E-state index contributed by atoms with van der Waals surface area (Å²) in [6.07, 6.45) is 12.4. The van der Waals surface area contributed by atoms with E-state index in [0.717, 1.165) is 51.9 Å². The molecule has 0 aromatic heterocycles. The standard InChI is InChI=1S/C52H74O15/c1-6-7-8-9-10-11-12-13-14-15-16-17-18-19-23-26-42-61-30-37(64-42)31-62-49(59)66-38(27-36-24-21-20-22-25-36)48(58)65-39-29-51(60)34(3)43(33(39)2)44(55)46(56)50(5)40(54)28-41-52(32-63-41,67-35(4)53)45(50)47(51)57/h9-10,12-13,20-22,24-25,33-34,37-43,45,47,54,57,60H,6-8,11,14-19,23,26-32H2,1-5H3. The van der Waals surface area contributed by atoms with Gasteiger partial charge in [-0.15, -0.1) is 0 Å². The molecule has 2 aliphatic heterocycles. The third kappa shape index (κ3) is 11.9. The Hall–Kier alpha value is -3.99. The van der Waals surface area contributed by atoms with Crippen molar-refractivity contribution in [2.24, 2.45) is 29.1 Å². The van der Waals surface area contributed by atoms with Gasteiger partial charge in [0.15, 0.2) is 11.9 Å². The predicted octanol–water partition coefficient (Wildman–Crippen LogP) is 6.84. The third-order valence-corrected chi connectivity index (χ3v) is 15.2. The Morgan fingerprint density at radius 3 is 2.28 bits per heavy atom. The number of rotatable bonds is 22. The summed E-state index contributed by atoms with van der Waals surface area (Å²) in [5.74, 6) is -8.28. The molecule has 6 rings (SSSR count). The predicted molar refractivity (Wildman–Crippen MR) is 244 cm³/mol. The molecule has 14 unspecified atom stereocenters. The number of carbonyl (C=O) groups is 5. The van der Waals surface area contributed by atoms with E-state index in [1.54, 1.807) is 44.2 Å². The van der Waals surface area contributed by atoms with Crippen LogP contribution in [0.3, 0.4) is 0 Å². The van der Waals surface area contributed by atoms with Crippen molar-refractivity contribution in [2.75, 3.05) is 19.8 Å². The number of ether oxygens (including phenoxy) is 7. The molecular weight excluding hydrogens is 865 g/mol. The molecule has 3 aliphatic carbocycles. The molecule has 14 atom stereocenters. The number of ketones is 2. The maximum Gasteiger partial charge on any atom is 0.509 e. The number of unbranched alkanes of at least 4 members (excludes halogenated alkanes) is 8. The van der Waals surface area contributed by atoms with Crippen molar-refractivity contribution in [3.63, 3.8) is 0 Å². The zero-order valence-corrected chi connectivity index (χ0v) is 40.0. The van der Waals surface area contributed by atoms with Crippen molar-refractivity contribution in [1.82, 2.24) is 0 Å². The summed E-state index contributed by atoms with van der Waals surface area (Å²) in [7, 11) is 0. The molecule has 0 amide bonds. The first-order chi connectivity index (χ1) is 32.1. The Morgan fingerprint density at radius 2 is 1.61 bits per heavy atom. The molecule has 3 N–H and O–H groups in total. The van der Waals surface area contributed by atoms with Crippen molar-refractivity contribution in [3.8, 4) is 0 Å². The summed E-state index contributed by atoms with van der Waals surface area (Å²) in [6, 6.07) is 8.79. The number of fused-ring (bicyclic) bond motifs is 5. The summed E-state index contributed by atoms with van der Waals surface area (Å²) in [6.45, 7) is 7.68. The highest BCUT2D eigenvalue weighted by Crippen LogP contribution is 2.61. The minimum absolute atomic E-state index is 0.107. The van der Waals surface area contributed by atoms with E-state index in [4.69, 9.17) is 33.2 Å². The smallest absolute Gasteiger partial charge is 0.459 e. The normalized spacial score (nSPS) is 35.2. The molecule has 15 nitrogen and oxygen atoms in total. The summed E-state index contributed by atoms with van der Waals surface area (Å²) in [5.41, 5.74) is -5.17. The second-order valence-electron chi connectivity index (χ2n) is 19.7. The van der Waals surface area contributed by atoms with Crippen LogP contribution in [0.1, 0.15) is 130 Å². The van der Waals surface area contributed by atoms with Crippen LogP contribution in [-0.2, 0) is 58.8 Å². The Balaban J connectivity index is 1.02. The lowest BCUT2D eigenvalue weighted by atomic mass is 9.45. The van der Waals surface area contributed by atoms with Crippen LogP contribution in [0.5, 0.6) is 0 Å². The van der Waals surface area contributed by atoms with E-state index in [2.05, 4.69) is 31.2 Å². The van der Waals surface area contributed by atoms with E-state index >= 15 is 0 Å². The zero-order chi connectivity index (χ0) is 48.4. The summed E-state index contributed by atoms with van der Waals surface area (Å²) in [5, 5.41) is 36.5. The largest absolute Gasteiger partial charge is 0.509 e. The lowest BCUT2D eigenvalue weighted by molar-refractivity contribution is -0.345. The minimum Gasteiger partial charge on any atom is -0.459 e. The van der Waals surface area contributed by atoms with Crippen LogP contribution in [0.25, 0.3) is 0 Å². The number of Topliss-reactive ketones (excluding diaryl/α,β-unsaturated/α-hetero) is 2. The molecule has 0 spiro atoms. The maximum absolute atomic E-state index is 14.4. The van der Waals surface area contributed by atoms with Crippen LogP contribution >= 0.6 is 0 Å². The lowest BCUT2D eigenvalue weighted by Gasteiger charge is -2.66. The van der Waals surface area contributed by atoms with Crippen molar-refractivity contribution in [2.45, 2.75) is 185 Å². The highest BCUT2D eigenvalue weighted by molar-refractivity contribution is 6.40. The number of esters is 2. The molecule has 2 saturated heterocycles. The van der Waals surface area contributed by atoms with Crippen LogP contribution in [-0.4, -0.2) is 119 Å². The number of allylic oxidation sites excluding steroid dienone is 4. The minimum atomic E-state index is -2.20. The van der Waals surface area contributed by atoms with Gasteiger partial charge in [-0.1, -0.05) is 114 Å². The highest BCUT2D eigenvalue weighted by atomic mass is 16.8. The molecule has 1 aromatic carbocycles. The van der Waals surface area contributed by atoms with E-state index < -0.39 is 119 Å². The molecule has 1 aromatic rings. The maximum atomic E-state index is 14.4. The fraction of sp³-hybridized carbons (Fsp3) is 0.712. The number of carbonyl (C=O) groups excluding carboxylic acids is 5. The van der Waals surface area contributed by atoms with Gasteiger partial charge in [0.2, 0.25) is 17.7 Å². The molecule has 15 heteroatoms. The van der Waals surface area contributed by atoms with Gasteiger partial charge < -0.3 is 48.5 Å². The van der Waals surface area contributed by atoms with Crippen molar-refractivity contribution < 1.29 is 72.5 Å². The first kappa shape index (κ1) is 52.4. The van der Waals surface area contributed by atoms with E-state index in [9.17, 15) is 39.3 Å². The summed E-state index contributed by atoms with van der Waals surface area (Å²) < 4.78 is 40.3. The van der Waals surface area contributed by atoms with Gasteiger partial charge in [-0.05, 0) is 56.9 Å². The van der Waals surface area contributed by atoms with Gasteiger partial charge >= 0.3 is 18.1 Å². The summed E-state index contributed by atoms with van der Waals surface area (Å²) >= 11 is 0. The van der Waals surface area contributed by atoms with Crippen molar-refractivity contribution in [3.05, 3.63) is 60.2 Å². The number of hydrogen-bond acceptors (Lipinski definition) is 15. The Kier molecular flexibility index (Phi) is 18.4. The number of benzene rings is 1. The van der Waals surface area contributed by atoms with Gasteiger partial charge in [0.25, 0.3) is 0 Å². The van der Waals surface area contributed by atoms with Gasteiger partial charge in [-0.25, -0.2) is 9.59 Å². The second-order valence-corrected chi connectivity index (χ2v) is 19.7. The lowest BCUT2D eigenvalue weighted by Crippen LogP contribution is -2.81. The van der Waals surface area contributed by atoms with Crippen LogP contribution in [0.4, 0.5) is 4.79 Å². The van der Waals surface area contributed by atoms with Gasteiger partial charge in [0.1, 0.15) is 24.9 Å². The van der Waals surface area contributed by atoms with Gasteiger partial charge in [0.05, 0.1) is 36.4 Å². The molecule has 2 bridgehead atoms. The van der Waals surface area contributed by atoms with Crippen LogP contribution in [0, 0.1) is 29.1 Å². The SMILES string of the molecule is CCCCC=CCC=CCCCCCCCCC1OCC(COC(=O)OC(Cc2ccccc2)C(=O)OC2CC3(O)C(C)C(C(=O)C(=O)C4(C)C(O)CC5OCC5(OC(C)=O)C4C3O)C2C)O1. The number of hydrogen-bond donors (Lipinski definition) is 3. The molecule has 2 heterocycles. The quantitative estimate of drug-likeness (QED) is 0.0357. The third-order valence-electron chi connectivity index (χ3n) is 15.2. The number of aliphatic hydroxyl groups excluding tert-OH is 2. The van der Waals surface area contributed by atoms with Crippen molar-refractivity contribution >= 4 is 29.7 Å². The van der Waals surface area contributed by atoms with Crippen molar-refractivity contribution in [1.29, 1.82) is 0 Å². The van der Waals surface area contributed by atoms with Crippen LogP contribution < -0.4 is 0 Å². The fourth-order valence-corrected chi connectivity index (χ4v) is 11.2. The fourth-order valence-electron chi connectivity index (χ4n) is 11.2. The summed E-state index contributed by atoms with van der Waals surface area (Å²) in [4.78, 5) is 68.7. The Labute approximate surface area is 395 Å². The van der Waals surface area contributed by atoms with Crippen LogP contribution in [0.2, 0.25) is 0 Å². The van der Waals surface area contributed by atoms with E-state index in [0.29, 0.717) is 5.56 Å². The highest BCUT2D eigenvalue weighted by Gasteiger charge is 2.76. The average molecular weight is 939 g/mol. The van der Waals surface area contributed by atoms with Gasteiger partial charge in [-0.3, -0.25) is 14.4 Å². The molecule has 0 radical (unpaired) electrons. The monoisotopic (exact) mass is 939 g/mol. The van der Waals surface area contributed by atoms with Gasteiger partial charge in [-0.2, -0.15) is 0 Å². The first-order valence-electron chi connectivity index (χ1n) is 24.7.